The number of amidine groups is 1. The first kappa shape index (κ1) is 22.0. The Balaban J connectivity index is 1.62. The van der Waals surface area contributed by atoms with Gasteiger partial charge in [0.2, 0.25) is 5.88 Å². The van der Waals surface area contributed by atoms with Gasteiger partial charge in [-0.15, -0.1) is 6.42 Å². The maximum absolute atomic E-state index is 14.8. The van der Waals surface area contributed by atoms with Crippen LogP contribution >= 0.6 is 0 Å². The van der Waals surface area contributed by atoms with Crippen LogP contribution in [0.1, 0.15) is 43.2 Å². The van der Waals surface area contributed by atoms with Gasteiger partial charge in [-0.25, -0.2) is 22.8 Å². The molecule has 0 radical (unpaired) electrons. The van der Waals surface area contributed by atoms with Gasteiger partial charge < -0.3 is 10.5 Å². The van der Waals surface area contributed by atoms with E-state index in [4.69, 9.17) is 16.9 Å². The van der Waals surface area contributed by atoms with Crippen molar-refractivity contribution >= 4 is 27.6 Å². The molecule has 0 saturated heterocycles. The summed E-state index contributed by atoms with van der Waals surface area (Å²) in [5, 5.41) is 0. The van der Waals surface area contributed by atoms with Crippen molar-refractivity contribution in [2.75, 3.05) is 5.75 Å². The molecule has 4 rings (SSSR count). The smallest absolute Gasteiger partial charge is 0.233 e. The molecular weight excluding hydrogens is 431 g/mol. The molecule has 166 valence electrons. The first-order chi connectivity index (χ1) is 15.0. The molecule has 9 heteroatoms. The standard InChI is InChI=1S/C23H23FN4O3S/c1-5-14(2)31-20-12-26-19(11-27-20)18(24)9-15-6-7-16-10-23(17(16)8-15)13-32(29,30)22(3,4)21(25)28-23/h1,6-9,11-12,14H,10,13H2,2-4H3,(H2,25,28)/b18-9-/t14-,23-/m0/s1. The van der Waals surface area contributed by atoms with Gasteiger partial charge in [0.25, 0.3) is 0 Å². The first-order valence-corrected chi connectivity index (χ1v) is 11.7. The Morgan fingerprint density at radius 3 is 2.72 bits per heavy atom. The Bertz CT molecular complexity index is 1290. The number of halogens is 1. The van der Waals surface area contributed by atoms with Crippen LogP contribution < -0.4 is 10.5 Å². The third-order valence-electron chi connectivity index (χ3n) is 5.97. The normalized spacial score (nSPS) is 24.0. The van der Waals surface area contributed by atoms with Crippen LogP contribution in [0.15, 0.2) is 35.6 Å². The number of benzene rings is 1. The molecular formula is C23H23FN4O3S. The minimum atomic E-state index is -3.50. The molecule has 2 atom stereocenters. The number of ether oxygens (including phenoxy) is 1. The molecule has 0 bridgehead atoms. The second-order valence-electron chi connectivity index (χ2n) is 8.55. The van der Waals surface area contributed by atoms with Crippen molar-refractivity contribution < 1.29 is 17.5 Å². The highest BCUT2D eigenvalue weighted by Gasteiger charge is 2.54. The van der Waals surface area contributed by atoms with Crippen LogP contribution in [0.2, 0.25) is 0 Å². The van der Waals surface area contributed by atoms with Gasteiger partial charge in [0.1, 0.15) is 21.8 Å². The number of nitrogens with two attached hydrogens (primary N) is 1. The molecule has 0 saturated carbocycles. The van der Waals surface area contributed by atoms with Crippen molar-refractivity contribution in [1.29, 1.82) is 0 Å². The van der Waals surface area contributed by atoms with Gasteiger partial charge in [-0.1, -0.05) is 18.1 Å². The second-order valence-corrected chi connectivity index (χ2v) is 11.1. The number of hydrogen-bond acceptors (Lipinski definition) is 7. The van der Waals surface area contributed by atoms with Gasteiger partial charge in [0, 0.05) is 6.42 Å². The van der Waals surface area contributed by atoms with E-state index in [2.05, 4.69) is 20.9 Å². The van der Waals surface area contributed by atoms with Crippen molar-refractivity contribution in [2.45, 2.75) is 43.6 Å². The molecule has 0 fully saturated rings. The molecule has 1 aromatic carbocycles. The molecule has 32 heavy (non-hydrogen) atoms. The van der Waals surface area contributed by atoms with Gasteiger partial charge in [0.05, 0.1) is 18.1 Å². The number of nitrogens with zero attached hydrogens (tertiary/aromatic N) is 3. The predicted molar refractivity (Wildman–Crippen MR) is 121 cm³/mol. The van der Waals surface area contributed by atoms with E-state index in [1.54, 1.807) is 32.9 Å². The third kappa shape index (κ3) is 3.54. The van der Waals surface area contributed by atoms with E-state index in [0.29, 0.717) is 12.0 Å². The summed E-state index contributed by atoms with van der Waals surface area (Å²) in [5.41, 5.74) is 7.43. The fourth-order valence-electron chi connectivity index (χ4n) is 3.79. The Morgan fingerprint density at radius 2 is 2.09 bits per heavy atom. The lowest BCUT2D eigenvalue weighted by Crippen LogP contribution is -2.58. The average molecular weight is 455 g/mol. The molecule has 1 aromatic heterocycles. The average Bonchev–Trinajstić information content (AvgIpc) is 2.73. The maximum Gasteiger partial charge on any atom is 0.233 e. The van der Waals surface area contributed by atoms with E-state index in [1.165, 1.54) is 18.5 Å². The lowest BCUT2D eigenvalue weighted by Gasteiger charge is -2.46. The van der Waals surface area contributed by atoms with Crippen molar-refractivity contribution in [1.82, 2.24) is 9.97 Å². The van der Waals surface area contributed by atoms with E-state index in [-0.39, 0.29) is 23.2 Å². The summed E-state index contributed by atoms with van der Waals surface area (Å²) in [4.78, 5) is 12.6. The highest BCUT2D eigenvalue weighted by atomic mass is 32.2. The summed E-state index contributed by atoms with van der Waals surface area (Å²) in [7, 11) is -3.50. The van der Waals surface area contributed by atoms with E-state index in [1.807, 2.05) is 6.07 Å². The number of hydrogen-bond donors (Lipinski definition) is 1. The summed E-state index contributed by atoms with van der Waals surface area (Å²) in [6, 6.07) is 5.36. The molecule has 0 unspecified atom stereocenters. The first-order valence-electron chi connectivity index (χ1n) is 10.0. The van der Waals surface area contributed by atoms with Crippen molar-refractivity contribution in [3.05, 3.63) is 53.0 Å². The summed E-state index contributed by atoms with van der Waals surface area (Å²) < 4.78 is 44.6. The topological polar surface area (TPSA) is 108 Å². The lowest BCUT2D eigenvalue weighted by atomic mass is 9.71. The van der Waals surface area contributed by atoms with Crippen LogP contribution in [0.5, 0.6) is 5.88 Å². The Labute approximate surface area is 186 Å². The van der Waals surface area contributed by atoms with Gasteiger partial charge in [-0.3, -0.25) is 4.99 Å². The van der Waals surface area contributed by atoms with Crippen molar-refractivity contribution in [3.63, 3.8) is 0 Å². The van der Waals surface area contributed by atoms with Crippen LogP contribution in [0, 0.1) is 12.3 Å². The molecule has 1 aliphatic heterocycles. The van der Waals surface area contributed by atoms with Crippen LogP contribution in [-0.2, 0) is 21.8 Å². The van der Waals surface area contributed by atoms with E-state index in [9.17, 15) is 12.8 Å². The summed E-state index contributed by atoms with van der Waals surface area (Å²) in [6.07, 6.45) is 9.14. The van der Waals surface area contributed by atoms with E-state index in [0.717, 1.165) is 11.1 Å². The predicted octanol–water partition coefficient (Wildman–Crippen LogP) is 2.66. The zero-order chi connectivity index (χ0) is 23.3. The van der Waals surface area contributed by atoms with Gasteiger partial charge in [0.15, 0.2) is 21.8 Å². The monoisotopic (exact) mass is 454 g/mol. The van der Waals surface area contributed by atoms with Crippen LogP contribution in [-0.4, -0.2) is 40.8 Å². The molecule has 2 aromatic rings. The number of terminal acetylenes is 1. The number of aliphatic imine (C=N–C) groups is 1. The molecule has 0 amide bonds. The maximum atomic E-state index is 14.8. The molecule has 2 aliphatic rings. The van der Waals surface area contributed by atoms with Crippen molar-refractivity contribution in [2.24, 2.45) is 10.7 Å². The SMILES string of the molecule is C#C[C@H](C)Oc1cnc(/C(F)=C/c2ccc3c(c2)[C@]2(C3)CS(=O)(=O)C(C)(C)C(N)=N2)cn1. The fourth-order valence-corrected chi connectivity index (χ4v) is 5.47. The largest absolute Gasteiger partial charge is 0.460 e. The van der Waals surface area contributed by atoms with Gasteiger partial charge in [-0.2, -0.15) is 0 Å². The Morgan fingerprint density at radius 1 is 1.34 bits per heavy atom. The lowest BCUT2D eigenvalue weighted by molar-refractivity contribution is 0.266. The van der Waals surface area contributed by atoms with E-state index < -0.39 is 32.1 Å². The Kier molecular flexibility index (Phi) is 5.09. The highest BCUT2D eigenvalue weighted by molar-refractivity contribution is 7.93. The molecule has 1 aliphatic carbocycles. The van der Waals surface area contributed by atoms with Crippen LogP contribution in [0.4, 0.5) is 4.39 Å². The van der Waals surface area contributed by atoms with Crippen LogP contribution in [0.3, 0.4) is 0 Å². The fraction of sp³-hybridized carbons (Fsp3) is 0.348. The zero-order valence-corrected chi connectivity index (χ0v) is 18.8. The second kappa shape index (κ2) is 7.41. The summed E-state index contributed by atoms with van der Waals surface area (Å²) in [5.74, 6) is 1.98. The molecule has 7 nitrogen and oxygen atoms in total. The number of aromatic nitrogens is 2. The highest BCUT2D eigenvalue weighted by Crippen LogP contribution is 2.48. The minimum Gasteiger partial charge on any atom is -0.460 e. The van der Waals surface area contributed by atoms with E-state index >= 15 is 0 Å². The number of fused-ring (bicyclic) bond motifs is 2. The zero-order valence-electron chi connectivity index (χ0n) is 18.0. The quantitative estimate of drug-likeness (QED) is 0.712. The van der Waals surface area contributed by atoms with Crippen LogP contribution in [0.25, 0.3) is 11.9 Å². The Hall–Kier alpha value is -3.25. The molecule has 1 spiro atoms. The summed E-state index contributed by atoms with van der Waals surface area (Å²) in [6.45, 7) is 4.81. The van der Waals surface area contributed by atoms with Crippen molar-refractivity contribution in [3.8, 4) is 18.2 Å². The molecule has 2 N–H and O–H groups in total. The summed E-state index contributed by atoms with van der Waals surface area (Å²) >= 11 is 0. The minimum absolute atomic E-state index is 0.0346. The third-order valence-corrected chi connectivity index (χ3v) is 8.60. The molecule has 2 heterocycles. The van der Waals surface area contributed by atoms with Gasteiger partial charge in [-0.05, 0) is 49.6 Å². The number of rotatable bonds is 4. The van der Waals surface area contributed by atoms with Gasteiger partial charge >= 0.3 is 0 Å². The number of sulfone groups is 1.